The largest absolute Gasteiger partial charge is 0.361 e. The molecule has 0 radical (unpaired) electrons. The first-order valence-electron chi connectivity index (χ1n) is 11.9. The Kier molecular flexibility index (Phi) is 7.56. The van der Waals surface area contributed by atoms with Gasteiger partial charge in [-0.3, -0.25) is 8.86 Å². The summed E-state index contributed by atoms with van der Waals surface area (Å²) in [6.45, 7) is 8.56. The first-order chi connectivity index (χ1) is 16.1. The molecule has 1 fully saturated rings. The summed E-state index contributed by atoms with van der Waals surface area (Å²) in [5.74, 6) is 0.920. The highest BCUT2D eigenvalue weighted by molar-refractivity contribution is 7.85. The van der Waals surface area contributed by atoms with Crippen molar-refractivity contribution in [1.29, 1.82) is 0 Å². The fourth-order valence-corrected chi connectivity index (χ4v) is 5.40. The summed E-state index contributed by atoms with van der Waals surface area (Å²) in [5, 5.41) is 5.57. The summed E-state index contributed by atoms with van der Waals surface area (Å²) in [4.78, 5) is 9.36. The highest BCUT2D eigenvalue weighted by Crippen LogP contribution is 2.33. The maximum Gasteiger partial charge on any atom is 0.264 e. The zero-order valence-electron chi connectivity index (χ0n) is 20.5. The van der Waals surface area contributed by atoms with Crippen LogP contribution in [0.3, 0.4) is 0 Å². The van der Waals surface area contributed by atoms with Crippen LogP contribution in [0, 0.1) is 5.92 Å². The molecule has 0 unspecified atom stereocenters. The summed E-state index contributed by atoms with van der Waals surface area (Å²) in [6, 6.07) is 3.44. The Morgan fingerprint density at radius 3 is 2.62 bits per heavy atom. The SMILES string of the molecule is C[Si](C)(C)CCOCn1ccc2cnc(-c3cnn(C4CCC(COS(C)(=O)=O)CC4)c3)nc21. The van der Waals surface area contributed by atoms with Gasteiger partial charge in [0.25, 0.3) is 10.1 Å². The molecule has 0 aromatic carbocycles. The van der Waals surface area contributed by atoms with Gasteiger partial charge >= 0.3 is 0 Å². The molecule has 0 aliphatic heterocycles. The van der Waals surface area contributed by atoms with Crippen molar-refractivity contribution in [2.45, 2.75) is 64.1 Å². The van der Waals surface area contributed by atoms with Crippen LogP contribution in [0.4, 0.5) is 0 Å². The van der Waals surface area contributed by atoms with Crippen molar-refractivity contribution in [3.05, 3.63) is 30.9 Å². The Morgan fingerprint density at radius 2 is 1.91 bits per heavy atom. The van der Waals surface area contributed by atoms with Gasteiger partial charge in [0.05, 0.1) is 30.7 Å². The van der Waals surface area contributed by atoms with Crippen LogP contribution in [0.2, 0.25) is 25.7 Å². The lowest BCUT2D eigenvalue weighted by Crippen LogP contribution is -2.22. The van der Waals surface area contributed by atoms with Crippen LogP contribution in [0.25, 0.3) is 22.4 Å². The lowest BCUT2D eigenvalue weighted by Gasteiger charge is -2.28. The Bertz CT molecular complexity index is 1210. The van der Waals surface area contributed by atoms with Crippen LogP contribution in [0.1, 0.15) is 31.7 Å². The molecule has 0 atom stereocenters. The molecular weight excluding hydrogens is 470 g/mol. The molecule has 1 aliphatic rings. The number of hydrogen-bond donors (Lipinski definition) is 0. The highest BCUT2D eigenvalue weighted by atomic mass is 32.2. The minimum Gasteiger partial charge on any atom is -0.361 e. The van der Waals surface area contributed by atoms with Crippen LogP contribution in [0.15, 0.2) is 30.9 Å². The maximum absolute atomic E-state index is 11.2. The second kappa shape index (κ2) is 10.3. The molecule has 11 heteroatoms. The lowest BCUT2D eigenvalue weighted by molar-refractivity contribution is 0.0899. The van der Waals surface area contributed by atoms with E-state index < -0.39 is 18.2 Å². The molecule has 3 aromatic heterocycles. The molecule has 0 saturated heterocycles. The van der Waals surface area contributed by atoms with Gasteiger partial charge in [-0.25, -0.2) is 9.97 Å². The third kappa shape index (κ3) is 6.74. The van der Waals surface area contributed by atoms with E-state index in [2.05, 4.69) is 29.7 Å². The first-order valence-corrected chi connectivity index (χ1v) is 17.4. The Balaban J connectivity index is 1.38. The molecule has 186 valence electrons. The average molecular weight is 506 g/mol. The van der Waals surface area contributed by atoms with E-state index in [-0.39, 0.29) is 18.6 Å². The van der Waals surface area contributed by atoms with E-state index in [0.29, 0.717) is 12.6 Å². The molecule has 3 aromatic rings. The van der Waals surface area contributed by atoms with Gasteiger partial charge in [0.2, 0.25) is 0 Å². The minimum absolute atomic E-state index is 0.269. The van der Waals surface area contributed by atoms with Gasteiger partial charge in [-0.2, -0.15) is 13.5 Å². The standard InChI is InChI=1S/C23H35N5O4SSi/c1-33(29,30)32-16-18-5-7-21(8-6-18)28-15-20(14-25-28)22-24-13-19-9-10-27(23(19)26-22)17-31-11-12-34(2,3)4/h9-10,13-15,18,21H,5-8,11-12,16-17H2,1-4H3. The average Bonchev–Trinajstić information content (AvgIpc) is 3.42. The van der Waals surface area contributed by atoms with Crippen molar-refractivity contribution in [3.8, 4) is 11.4 Å². The second-order valence-electron chi connectivity index (χ2n) is 10.5. The van der Waals surface area contributed by atoms with Crippen molar-refractivity contribution in [3.63, 3.8) is 0 Å². The molecule has 0 spiro atoms. The number of ether oxygens (including phenoxy) is 1. The minimum atomic E-state index is -3.38. The number of nitrogens with zero attached hydrogens (tertiary/aromatic N) is 5. The van der Waals surface area contributed by atoms with Crippen LogP contribution < -0.4 is 0 Å². The third-order valence-electron chi connectivity index (χ3n) is 6.30. The first kappa shape index (κ1) is 25.0. The van der Waals surface area contributed by atoms with E-state index in [1.54, 1.807) is 0 Å². The van der Waals surface area contributed by atoms with Crippen molar-refractivity contribution >= 4 is 29.2 Å². The molecule has 0 amide bonds. The third-order valence-corrected chi connectivity index (χ3v) is 8.57. The quantitative estimate of drug-likeness (QED) is 0.230. The second-order valence-corrected chi connectivity index (χ2v) is 17.7. The molecule has 0 N–H and O–H groups in total. The fraction of sp³-hybridized carbons (Fsp3) is 0.609. The van der Waals surface area contributed by atoms with Crippen molar-refractivity contribution in [2.24, 2.45) is 5.92 Å². The summed E-state index contributed by atoms with van der Waals surface area (Å²) >= 11 is 0. The highest BCUT2D eigenvalue weighted by Gasteiger charge is 2.24. The molecule has 1 saturated carbocycles. The predicted molar refractivity (Wildman–Crippen MR) is 135 cm³/mol. The normalized spacial score (nSPS) is 19.6. The van der Waals surface area contributed by atoms with Gasteiger partial charge in [-0.1, -0.05) is 19.6 Å². The Hall–Kier alpha value is -2.08. The molecule has 4 rings (SSSR count). The number of aromatic nitrogens is 5. The maximum atomic E-state index is 11.2. The van der Waals surface area contributed by atoms with Gasteiger partial charge in [-0.05, 0) is 43.7 Å². The van der Waals surface area contributed by atoms with Crippen LogP contribution in [-0.2, 0) is 25.8 Å². The molecule has 3 heterocycles. The molecule has 34 heavy (non-hydrogen) atoms. The summed E-state index contributed by atoms with van der Waals surface area (Å²) in [6.07, 6.45) is 12.5. The van der Waals surface area contributed by atoms with E-state index >= 15 is 0 Å². The van der Waals surface area contributed by atoms with Gasteiger partial charge in [-0.15, -0.1) is 0 Å². The fourth-order valence-electron chi connectivity index (χ4n) is 4.20. The Morgan fingerprint density at radius 1 is 1.15 bits per heavy atom. The smallest absolute Gasteiger partial charge is 0.264 e. The Labute approximate surface area is 202 Å². The van der Waals surface area contributed by atoms with Crippen LogP contribution in [-0.4, -0.2) is 60.3 Å². The molecule has 0 bridgehead atoms. The van der Waals surface area contributed by atoms with E-state index in [1.165, 1.54) is 0 Å². The zero-order chi connectivity index (χ0) is 24.3. The van der Waals surface area contributed by atoms with E-state index in [4.69, 9.17) is 13.9 Å². The van der Waals surface area contributed by atoms with Crippen LogP contribution in [0.5, 0.6) is 0 Å². The number of hydrogen-bond acceptors (Lipinski definition) is 7. The zero-order valence-corrected chi connectivity index (χ0v) is 22.3. The summed E-state index contributed by atoms with van der Waals surface area (Å²) in [7, 11) is -4.50. The summed E-state index contributed by atoms with van der Waals surface area (Å²) < 4.78 is 37.4. The molecule has 1 aliphatic carbocycles. The van der Waals surface area contributed by atoms with E-state index in [1.807, 2.05) is 40.1 Å². The summed E-state index contributed by atoms with van der Waals surface area (Å²) in [5.41, 5.74) is 1.74. The van der Waals surface area contributed by atoms with E-state index in [9.17, 15) is 8.42 Å². The number of fused-ring (bicyclic) bond motifs is 1. The molecular formula is C23H35N5O4SSi. The lowest BCUT2D eigenvalue weighted by atomic mass is 9.87. The molecule has 9 nitrogen and oxygen atoms in total. The monoisotopic (exact) mass is 505 g/mol. The topological polar surface area (TPSA) is 101 Å². The van der Waals surface area contributed by atoms with Crippen molar-refractivity contribution < 1.29 is 17.3 Å². The van der Waals surface area contributed by atoms with E-state index in [0.717, 1.165) is 61.2 Å². The van der Waals surface area contributed by atoms with Gasteiger partial charge < -0.3 is 9.30 Å². The van der Waals surface area contributed by atoms with Crippen molar-refractivity contribution in [1.82, 2.24) is 24.3 Å². The van der Waals surface area contributed by atoms with Crippen LogP contribution >= 0.6 is 0 Å². The van der Waals surface area contributed by atoms with Gasteiger partial charge in [0.15, 0.2) is 5.82 Å². The predicted octanol–water partition coefficient (Wildman–Crippen LogP) is 4.31. The van der Waals surface area contributed by atoms with Gasteiger partial charge in [0.1, 0.15) is 12.4 Å². The number of rotatable bonds is 10. The van der Waals surface area contributed by atoms with Crippen molar-refractivity contribution in [2.75, 3.05) is 19.5 Å². The van der Waals surface area contributed by atoms with Gasteiger partial charge in [0, 0.05) is 38.7 Å².